The molecule has 12 heteroatoms. The average molecular weight is 489 g/mol. The number of rotatable bonds is 5. The molecule has 2 heterocycles. The first-order chi connectivity index (χ1) is 16.1. The average Bonchev–Trinajstić information content (AvgIpc) is 2.78. The van der Waals surface area contributed by atoms with Crippen molar-refractivity contribution in [3.63, 3.8) is 0 Å². The Morgan fingerprint density at radius 1 is 1.00 bits per heavy atom. The molecule has 0 saturated carbocycles. The number of hydrogen-bond acceptors (Lipinski definition) is 6. The molecule has 0 atom stereocenters. The molecule has 8 nitrogen and oxygen atoms in total. The summed E-state index contributed by atoms with van der Waals surface area (Å²) >= 11 is 0. The Bertz CT molecular complexity index is 1510. The Hall–Kier alpha value is -4.19. The summed E-state index contributed by atoms with van der Waals surface area (Å²) in [6.45, 7) is 0. The predicted octanol–water partition coefficient (Wildman–Crippen LogP) is 4.12. The zero-order valence-electron chi connectivity index (χ0n) is 16.9. The van der Waals surface area contributed by atoms with Crippen LogP contribution in [0.25, 0.3) is 11.0 Å². The molecule has 0 bridgehead atoms. The number of anilines is 3. The van der Waals surface area contributed by atoms with Gasteiger partial charge in [0.05, 0.1) is 16.8 Å². The van der Waals surface area contributed by atoms with Gasteiger partial charge in [0.25, 0.3) is 5.91 Å². The molecule has 0 saturated heterocycles. The highest BCUT2D eigenvalue weighted by Crippen LogP contribution is 2.32. The van der Waals surface area contributed by atoms with Crippen LogP contribution < -0.4 is 15.2 Å². The second-order valence-electron chi connectivity index (χ2n) is 6.93. The van der Waals surface area contributed by atoms with E-state index >= 15 is 0 Å². The number of halogens is 3. The fourth-order valence-electron chi connectivity index (χ4n) is 3.18. The number of carbonyl (C=O) groups excluding carboxylic acids is 1. The van der Waals surface area contributed by atoms with E-state index in [1.54, 1.807) is 12.1 Å². The maximum Gasteiger partial charge on any atom is 0.416 e. The van der Waals surface area contributed by atoms with Crippen LogP contribution in [-0.4, -0.2) is 19.3 Å². The topological polar surface area (TPSA) is 110 Å². The van der Waals surface area contributed by atoms with Gasteiger partial charge >= 0.3 is 11.8 Å². The second kappa shape index (κ2) is 8.98. The third-order valence-electron chi connectivity index (χ3n) is 4.71. The summed E-state index contributed by atoms with van der Waals surface area (Å²) in [5, 5.41) is 3.10. The Kier molecular flexibility index (Phi) is 6.07. The molecule has 174 valence electrons. The van der Waals surface area contributed by atoms with Gasteiger partial charge in [-0.25, -0.2) is 22.5 Å². The number of alkyl halides is 3. The molecular formula is C22H14F3N3O5S. The van der Waals surface area contributed by atoms with E-state index in [0.717, 1.165) is 24.3 Å². The van der Waals surface area contributed by atoms with E-state index in [2.05, 4.69) is 10.3 Å². The zero-order chi connectivity index (χ0) is 24.5. The largest absolute Gasteiger partial charge is 0.422 e. The van der Waals surface area contributed by atoms with Crippen LogP contribution in [0.15, 0.2) is 82.1 Å². The van der Waals surface area contributed by atoms with Gasteiger partial charge < -0.3 is 9.73 Å². The van der Waals surface area contributed by atoms with Gasteiger partial charge in [-0.1, -0.05) is 12.1 Å². The second-order valence-corrected chi connectivity index (χ2v) is 7.81. The highest BCUT2D eigenvalue weighted by molar-refractivity contribution is 7.74. The summed E-state index contributed by atoms with van der Waals surface area (Å²) in [6, 6.07) is 13.6. The normalized spacial score (nSPS) is 11.5. The number of nitrogens with zero attached hydrogens (tertiary/aromatic N) is 2. The highest BCUT2D eigenvalue weighted by Gasteiger charge is 2.30. The van der Waals surface area contributed by atoms with Crippen LogP contribution in [0, 0.1) is 0 Å². The number of pyridine rings is 1. The van der Waals surface area contributed by atoms with Crippen molar-refractivity contribution in [3.05, 3.63) is 94.5 Å². The Morgan fingerprint density at radius 3 is 2.41 bits per heavy atom. The van der Waals surface area contributed by atoms with E-state index in [0.29, 0.717) is 9.69 Å². The van der Waals surface area contributed by atoms with Gasteiger partial charge in [-0.3, -0.25) is 4.79 Å². The van der Waals surface area contributed by atoms with Crippen molar-refractivity contribution >= 4 is 45.0 Å². The molecule has 0 aliphatic heterocycles. The number of carbonyl (C=O) groups is 1. The molecule has 0 aliphatic carbocycles. The lowest BCUT2D eigenvalue weighted by Crippen LogP contribution is -2.17. The molecular weight excluding hydrogens is 475 g/mol. The van der Waals surface area contributed by atoms with Crippen LogP contribution in [0.1, 0.15) is 15.9 Å². The molecule has 2 aromatic carbocycles. The quantitative estimate of drug-likeness (QED) is 0.322. The van der Waals surface area contributed by atoms with Crippen molar-refractivity contribution in [1.29, 1.82) is 0 Å². The number of nitrogens with one attached hydrogen (secondary N) is 1. The summed E-state index contributed by atoms with van der Waals surface area (Å²) in [7, 11) is -3.33. The fourth-order valence-corrected chi connectivity index (χ4v) is 3.78. The van der Waals surface area contributed by atoms with Crippen molar-refractivity contribution in [2.45, 2.75) is 6.18 Å². The minimum absolute atomic E-state index is 0.0723. The third kappa shape index (κ3) is 4.76. The van der Waals surface area contributed by atoms with Crippen LogP contribution in [-0.2, 0) is 17.1 Å². The van der Waals surface area contributed by atoms with E-state index in [4.69, 9.17) is 4.42 Å². The van der Waals surface area contributed by atoms with Gasteiger partial charge in [0.2, 0.25) is 10.9 Å². The van der Waals surface area contributed by atoms with Crippen LogP contribution in [0.4, 0.5) is 30.4 Å². The molecule has 34 heavy (non-hydrogen) atoms. The molecule has 0 fully saturated rings. The number of thiol groups is 1. The first-order valence-corrected chi connectivity index (χ1v) is 10.7. The first kappa shape index (κ1) is 23.0. The Morgan fingerprint density at radius 2 is 1.74 bits per heavy atom. The van der Waals surface area contributed by atoms with Gasteiger partial charge in [0.15, 0.2) is 5.58 Å². The van der Waals surface area contributed by atoms with E-state index in [1.165, 1.54) is 36.5 Å². The van der Waals surface area contributed by atoms with Crippen LogP contribution in [0.5, 0.6) is 0 Å². The van der Waals surface area contributed by atoms with Gasteiger partial charge in [-0.05, 0) is 42.5 Å². The number of benzene rings is 2. The number of amides is 1. The van der Waals surface area contributed by atoms with Crippen LogP contribution in [0.2, 0.25) is 0 Å². The van der Waals surface area contributed by atoms with Crippen molar-refractivity contribution in [2.24, 2.45) is 0 Å². The Labute approximate surface area is 191 Å². The molecule has 0 radical (unpaired) electrons. The smallest absolute Gasteiger partial charge is 0.416 e. The molecule has 2 aromatic heterocycles. The monoisotopic (exact) mass is 489 g/mol. The maximum atomic E-state index is 12.8. The lowest BCUT2D eigenvalue weighted by Gasteiger charge is -2.18. The SMILES string of the molecule is O=C(Nc1ccnc(N(c2ccc(C(F)(F)F)cc2)[SH](=O)=O)c1)c1cccc2ccc(=O)oc12. The zero-order valence-corrected chi connectivity index (χ0v) is 17.8. The van der Waals surface area contributed by atoms with Crippen molar-refractivity contribution in [2.75, 3.05) is 9.62 Å². The minimum Gasteiger partial charge on any atom is -0.422 e. The standard InChI is InChI=1S/C22H14F3N3O5S/c23-22(24,25)14-5-7-16(8-6-14)28(34(31)32)18-12-15(10-11-26-18)27-21(30)17-3-1-2-13-4-9-19(29)33-20(13)17/h1-12,34H,(H,26,27,30). The Balaban J connectivity index is 1.65. The predicted molar refractivity (Wildman–Crippen MR) is 119 cm³/mol. The number of fused-ring (bicyclic) bond motifs is 1. The molecule has 0 unspecified atom stereocenters. The lowest BCUT2D eigenvalue weighted by atomic mass is 10.1. The van der Waals surface area contributed by atoms with Crippen LogP contribution in [0.3, 0.4) is 0 Å². The maximum absolute atomic E-state index is 12.8. The summed E-state index contributed by atoms with van der Waals surface area (Å²) in [5.41, 5.74) is -1.34. The van der Waals surface area contributed by atoms with Gasteiger partial charge in [0.1, 0.15) is 5.82 Å². The van der Waals surface area contributed by atoms with Gasteiger partial charge in [-0.15, -0.1) is 0 Å². The highest BCUT2D eigenvalue weighted by atomic mass is 32.2. The summed E-state index contributed by atoms with van der Waals surface area (Å²) in [5.74, 6) is -0.789. The first-order valence-electron chi connectivity index (χ1n) is 9.55. The molecule has 4 rings (SSSR count). The van der Waals surface area contributed by atoms with E-state index in [9.17, 15) is 31.2 Å². The van der Waals surface area contributed by atoms with Crippen LogP contribution >= 0.6 is 0 Å². The molecule has 0 aliphatic rings. The fraction of sp³-hybridized carbons (Fsp3) is 0.0455. The van der Waals surface area contributed by atoms with Crippen molar-refractivity contribution in [3.8, 4) is 0 Å². The molecule has 0 spiro atoms. The summed E-state index contributed by atoms with van der Waals surface area (Å²) < 4.78 is 68.1. The minimum atomic E-state index is -4.58. The molecule has 4 aromatic rings. The molecule has 1 amide bonds. The summed E-state index contributed by atoms with van der Waals surface area (Å²) in [6.07, 6.45) is -3.35. The van der Waals surface area contributed by atoms with Crippen molar-refractivity contribution < 1.29 is 30.8 Å². The van der Waals surface area contributed by atoms with E-state index in [1.807, 2.05) is 0 Å². The number of hydrogen-bond donors (Lipinski definition) is 2. The number of aromatic nitrogens is 1. The van der Waals surface area contributed by atoms with E-state index < -0.39 is 34.2 Å². The van der Waals surface area contributed by atoms with Gasteiger partial charge in [0, 0.05) is 29.4 Å². The van der Waals surface area contributed by atoms with Crippen molar-refractivity contribution in [1.82, 2.24) is 4.98 Å². The van der Waals surface area contributed by atoms with E-state index in [-0.39, 0.29) is 28.3 Å². The van der Waals surface area contributed by atoms with Gasteiger partial charge in [-0.2, -0.15) is 13.2 Å². The lowest BCUT2D eigenvalue weighted by molar-refractivity contribution is -0.137. The number of para-hydroxylation sites is 1. The summed E-state index contributed by atoms with van der Waals surface area (Å²) in [4.78, 5) is 28.4. The third-order valence-corrected chi connectivity index (χ3v) is 5.48. The molecule has 1 N–H and O–H groups in total.